The van der Waals surface area contributed by atoms with E-state index >= 15 is 0 Å². The summed E-state index contributed by atoms with van der Waals surface area (Å²) in [6.07, 6.45) is 0. The lowest BCUT2D eigenvalue weighted by atomic mass is 10.4. The SMILES string of the molecule is CCOP(=O)(OCC)C(F)(F)C(=O)C(=O)OC. The molecular weight excluding hydrogens is 261 g/mol. The van der Waals surface area contributed by atoms with Crippen LogP contribution in [-0.4, -0.2) is 37.7 Å². The molecule has 0 rings (SSSR count). The molecule has 0 radical (unpaired) electrons. The summed E-state index contributed by atoms with van der Waals surface area (Å²) in [5.74, 6) is -4.07. The van der Waals surface area contributed by atoms with E-state index in [4.69, 9.17) is 0 Å². The molecule has 0 aliphatic heterocycles. The summed E-state index contributed by atoms with van der Waals surface area (Å²) in [5, 5.41) is 0. The number of ketones is 1. The summed E-state index contributed by atoms with van der Waals surface area (Å²) in [7, 11) is -4.28. The van der Waals surface area contributed by atoms with Gasteiger partial charge in [0.1, 0.15) is 0 Å². The molecular formula is C8H13F2O6P. The van der Waals surface area contributed by atoms with Gasteiger partial charge in [0.05, 0.1) is 20.3 Å². The fourth-order valence-electron chi connectivity index (χ4n) is 0.879. The fraction of sp³-hybridized carbons (Fsp3) is 0.750. The Morgan fingerprint density at radius 1 is 1.18 bits per heavy atom. The number of halogens is 2. The predicted molar refractivity (Wildman–Crippen MR) is 52.8 cm³/mol. The Balaban J connectivity index is 5.28. The number of Topliss-reactive ketones (excluding diaryl/α,β-unsaturated/α-hetero) is 1. The zero-order valence-corrected chi connectivity index (χ0v) is 10.5. The number of hydrogen-bond donors (Lipinski definition) is 0. The zero-order valence-electron chi connectivity index (χ0n) is 9.57. The largest absolute Gasteiger partial charge is 0.463 e. The van der Waals surface area contributed by atoms with Crippen LogP contribution in [0, 0.1) is 0 Å². The second kappa shape index (κ2) is 6.18. The molecule has 0 aliphatic rings. The van der Waals surface area contributed by atoms with E-state index in [1.165, 1.54) is 13.8 Å². The minimum Gasteiger partial charge on any atom is -0.463 e. The van der Waals surface area contributed by atoms with Gasteiger partial charge in [0, 0.05) is 0 Å². The van der Waals surface area contributed by atoms with Crippen LogP contribution >= 0.6 is 7.60 Å². The average molecular weight is 274 g/mol. The van der Waals surface area contributed by atoms with Gasteiger partial charge in [0.2, 0.25) is 0 Å². The number of carbonyl (C=O) groups is 2. The number of rotatable bonds is 7. The van der Waals surface area contributed by atoms with E-state index in [-0.39, 0.29) is 13.2 Å². The van der Waals surface area contributed by atoms with Crippen LogP contribution in [0.4, 0.5) is 8.78 Å². The molecule has 0 saturated heterocycles. The lowest BCUT2D eigenvalue weighted by Gasteiger charge is -2.23. The van der Waals surface area contributed by atoms with Crippen molar-refractivity contribution in [3.05, 3.63) is 0 Å². The van der Waals surface area contributed by atoms with Crippen molar-refractivity contribution in [2.24, 2.45) is 0 Å². The molecule has 0 heterocycles. The molecule has 0 amide bonds. The summed E-state index contributed by atoms with van der Waals surface area (Å²) in [4.78, 5) is 21.8. The second-order valence-corrected chi connectivity index (χ2v) is 4.77. The first kappa shape index (κ1) is 16.1. The first-order valence-corrected chi connectivity index (χ1v) is 6.20. The lowest BCUT2D eigenvalue weighted by Crippen LogP contribution is -2.37. The summed E-state index contributed by atoms with van der Waals surface area (Å²) in [6, 6.07) is 0. The standard InChI is InChI=1S/C8H13F2O6P/c1-4-15-17(13,16-5-2)8(9,10)6(11)7(12)14-3/h4-5H2,1-3H3. The summed E-state index contributed by atoms with van der Waals surface area (Å²) >= 11 is 0. The quantitative estimate of drug-likeness (QED) is 0.398. The molecule has 0 aromatic heterocycles. The van der Waals surface area contributed by atoms with Crippen molar-refractivity contribution in [2.45, 2.75) is 19.5 Å². The van der Waals surface area contributed by atoms with Crippen molar-refractivity contribution < 1.29 is 36.7 Å². The van der Waals surface area contributed by atoms with Crippen LogP contribution in [0.25, 0.3) is 0 Å². The van der Waals surface area contributed by atoms with Crippen molar-refractivity contribution in [1.29, 1.82) is 0 Å². The molecule has 0 bridgehead atoms. The number of alkyl halides is 2. The molecule has 0 atom stereocenters. The van der Waals surface area contributed by atoms with Crippen LogP contribution < -0.4 is 0 Å². The van der Waals surface area contributed by atoms with Crippen molar-refractivity contribution >= 4 is 19.3 Å². The van der Waals surface area contributed by atoms with Crippen LogP contribution in [0.3, 0.4) is 0 Å². The van der Waals surface area contributed by atoms with E-state index in [9.17, 15) is 22.9 Å². The highest BCUT2D eigenvalue weighted by atomic mass is 31.2. The van der Waals surface area contributed by atoms with Gasteiger partial charge in [0.25, 0.3) is 0 Å². The Labute approximate surface area is 96.8 Å². The van der Waals surface area contributed by atoms with Crippen LogP contribution in [0.15, 0.2) is 0 Å². The topological polar surface area (TPSA) is 78.9 Å². The Morgan fingerprint density at radius 2 is 1.59 bits per heavy atom. The Hall–Kier alpha value is -0.850. The van der Waals surface area contributed by atoms with Gasteiger partial charge in [-0.25, -0.2) is 4.79 Å². The van der Waals surface area contributed by atoms with Crippen LogP contribution in [-0.2, 0) is 27.9 Å². The smallest absolute Gasteiger partial charge is 0.414 e. The molecule has 0 aromatic rings. The molecule has 6 nitrogen and oxygen atoms in total. The molecule has 17 heavy (non-hydrogen) atoms. The first-order valence-electron chi connectivity index (χ1n) is 4.66. The molecule has 100 valence electrons. The first-order chi connectivity index (χ1) is 7.76. The maximum atomic E-state index is 13.5. The van der Waals surface area contributed by atoms with Crippen LogP contribution in [0.5, 0.6) is 0 Å². The van der Waals surface area contributed by atoms with E-state index in [2.05, 4.69) is 13.8 Å². The highest BCUT2D eigenvalue weighted by Gasteiger charge is 2.62. The summed E-state index contributed by atoms with van der Waals surface area (Å²) in [5.41, 5.74) is -4.56. The molecule has 0 unspecified atom stereocenters. The van der Waals surface area contributed by atoms with Gasteiger partial charge in [-0.3, -0.25) is 9.36 Å². The maximum absolute atomic E-state index is 13.5. The van der Waals surface area contributed by atoms with Gasteiger partial charge in [-0.1, -0.05) is 0 Å². The van der Waals surface area contributed by atoms with Crippen molar-refractivity contribution in [2.75, 3.05) is 20.3 Å². The third-order valence-corrected chi connectivity index (χ3v) is 3.67. The van der Waals surface area contributed by atoms with Gasteiger partial charge in [0.15, 0.2) is 0 Å². The van der Waals surface area contributed by atoms with E-state index in [1.54, 1.807) is 0 Å². The molecule has 0 aromatic carbocycles. The lowest BCUT2D eigenvalue weighted by molar-refractivity contribution is -0.160. The van der Waals surface area contributed by atoms with Gasteiger partial charge in [-0.2, -0.15) is 8.78 Å². The third-order valence-electron chi connectivity index (χ3n) is 1.59. The number of hydrogen-bond acceptors (Lipinski definition) is 6. The normalized spacial score (nSPS) is 12.3. The van der Waals surface area contributed by atoms with Gasteiger partial charge >= 0.3 is 25.0 Å². The van der Waals surface area contributed by atoms with E-state index in [0.717, 1.165) is 7.11 Å². The molecule has 0 N–H and O–H groups in total. The van der Waals surface area contributed by atoms with Crippen molar-refractivity contribution in [3.8, 4) is 0 Å². The Kier molecular flexibility index (Phi) is 5.87. The third kappa shape index (κ3) is 3.31. The highest BCUT2D eigenvalue weighted by molar-refractivity contribution is 7.56. The highest BCUT2D eigenvalue weighted by Crippen LogP contribution is 2.62. The van der Waals surface area contributed by atoms with Crippen LogP contribution in [0.2, 0.25) is 0 Å². The van der Waals surface area contributed by atoms with Crippen molar-refractivity contribution in [3.63, 3.8) is 0 Å². The number of methoxy groups -OCH3 is 1. The fourth-order valence-corrected chi connectivity index (χ4v) is 2.30. The number of ether oxygens (including phenoxy) is 1. The van der Waals surface area contributed by atoms with Crippen LogP contribution in [0.1, 0.15) is 13.8 Å². The second-order valence-electron chi connectivity index (χ2n) is 2.69. The molecule has 0 fully saturated rings. The zero-order chi connectivity index (χ0) is 13.7. The van der Waals surface area contributed by atoms with Gasteiger partial charge in [-0.15, -0.1) is 0 Å². The predicted octanol–water partition coefficient (Wildman–Crippen LogP) is 1.59. The Bertz CT molecular complexity index is 333. The van der Waals surface area contributed by atoms with E-state index in [1.807, 2.05) is 0 Å². The number of esters is 1. The van der Waals surface area contributed by atoms with E-state index < -0.39 is 25.0 Å². The molecule has 0 spiro atoms. The monoisotopic (exact) mass is 274 g/mol. The molecule has 0 saturated carbocycles. The minimum absolute atomic E-state index is 0.360. The summed E-state index contributed by atoms with van der Waals surface area (Å²) in [6.45, 7) is 1.87. The summed E-state index contributed by atoms with van der Waals surface area (Å²) < 4.78 is 51.2. The number of carbonyl (C=O) groups excluding carboxylic acids is 2. The van der Waals surface area contributed by atoms with Crippen molar-refractivity contribution in [1.82, 2.24) is 0 Å². The average Bonchev–Trinajstić information content (AvgIpc) is 2.27. The molecule has 9 heteroatoms. The van der Waals surface area contributed by atoms with E-state index in [0.29, 0.717) is 0 Å². The maximum Gasteiger partial charge on any atom is 0.414 e. The van der Waals surface area contributed by atoms with Gasteiger partial charge in [-0.05, 0) is 13.8 Å². The Morgan fingerprint density at radius 3 is 1.88 bits per heavy atom. The molecule has 0 aliphatic carbocycles. The van der Waals surface area contributed by atoms with Gasteiger partial charge < -0.3 is 13.8 Å². The minimum atomic E-state index is -5.03.